The van der Waals surface area contributed by atoms with E-state index in [1.807, 2.05) is 16.7 Å². The van der Waals surface area contributed by atoms with Gasteiger partial charge in [0.15, 0.2) is 0 Å². The Morgan fingerprint density at radius 3 is 2.87 bits per heavy atom. The van der Waals surface area contributed by atoms with Crippen LogP contribution in [0, 0.1) is 0 Å². The lowest BCUT2D eigenvalue weighted by molar-refractivity contribution is -0.135. The van der Waals surface area contributed by atoms with Crippen LogP contribution in [0.25, 0.3) is 0 Å². The molecule has 2 fully saturated rings. The second-order valence-electron chi connectivity index (χ2n) is 6.21. The van der Waals surface area contributed by atoms with Crippen LogP contribution in [0.3, 0.4) is 0 Å². The van der Waals surface area contributed by atoms with E-state index in [-0.39, 0.29) is 29.3 Å². The number of hydrogen-bond acceptors (Lipinski definition) is 6. The molecule has 1 aromatic rings. The van der Waals surface area contributed by atoms with E-state index in [2.05, 4.69) is 10.2 Å². The predicted octanol–water partition coefficient (Wildman–Crippen LogP) is 0.281. The molecule has 3 heterocycles. The normalized spacial score (nSPS) is 22.0. The summed E-state index contributed by atoms with van der Waals surface area (Å²) in [6.07, 6.45) is 3.99. The fourth-order valence-corrected chi connectivity index (χ4v) is 4.39. The van der Waals surface area contributed by atoms with Crippen molar-refractivity contribution in [2.24, 2.45) is 0 Å². The van der Waals surface area contributed by atoms with Crippen LogP contribution in [0.15, 0.2) is 18.5 Å². The molecule has 1 spiro atoms. The molecular formula is C15H20N4O3S. The van der Waals surface area contributed by atoms with Crippen LogP contribution in [0.2, 0.25) is 0 Å². The topological polar surface area (TPSA) is 75.6 Å². The molecule has 0 saturated carbocycles. The number of carbonyl (C=O) groups excluding carboxylic acids is 2. The highest BCUT2D eigenvalue weighted by atomic mass is 32.2. The summed E-state index contributed by atoms with van der Waals surface area (Å²) in [4.78, 5) is 27.2. The molecule has 2 aliphatic heterocycles. The smallest absolute Gasteiger partial charge is 0.255 e. The minimum absolute atomic E-state index is 0.00159. The Morgan fingerprint density at radius 1 is 1.43 bits per heavy atom. The first-order valence-electron chi connectivity index (χ1n) is 7.51. The molecule has 2 amide bonds. The number of likely N-dealkylation sites (N-methyl/N-ethyl adjacent to an activating group) is 1. The molecule has 7 nitrogen and oxygen atoms in total. The van der Waals surface area contributed by atoms with Crippen molar-refractivity contribution in [2.45, 2.75) is 17.3 Å². The van der Waals surface area contributed by atoms with Crippen molar-refractivity contribution in [1.29, 1.82) is 0 Å². The lowest BCUT2D eigenvalue weighted by atomic mass is 9.92. The molecule has 3 rings (SSSR count). The van der Waals surface area contributed by atoms with Crippen molar-refractivity contribution in [2.75, 3.05) is 39.5 Å². The lowest BCUT2D eigenvalue weighted by Gasteiger charge is -2.47. The predicted molar refractivity (Wildman–Crippen MR) is 86.2 cm³/mol. The van der Waals surface area contributed by atoms with E-state index >= 15 is 0 Å². The van der Waals surface area contributed by atoms with Gasteiger partial charge in [-0.05, 0) is 12.5 Å². The lowest BCUT2D eigenvalue weighted by Crippen LogP contribution is -2.60. The van der Waals surface area contributed by atoms with Gasteiger partial charge in [-0.2, -0.15) is 10.2 Å². The summed E-state index contributed by atoms with van der Waals surface area (Å²) in [5.41, 5.74) is 0.572. The van der Waals surface area contributed by atoms with Gasteiger partial charge in [-0.15, -0.1) is 11.8 Å². The molecular weight excluding hydrogens is 316 g/mol. The third kappa shape index (κ3) is 3.48. The highest BCUT2D eigenvalue weighted by molar-refractivity contribution is 8.01. The average Bonchev–Trinajstić information content (AvgIpc) is 2.96. The van der Waals surface area contributed by atoms with Crippen molar-refractivity contribution in [3.05, 3.63) is 24.0 Å². The number of thioether (sulfide) groups is 1. The largest absolute Gasteiger partial charge is 0.367 e. The molecule has 2 aliphatic rings. The molecule has 8 heteroatoms. The van der Waals surface area contributed by atoms with Crippen LogP contribution in [-0.4, -0.2) is 82.2 Å². The van der Waals surface area contributed by atoms with Crippen LogP contribution >= 0.6 is 11.8 Å². The molecule has 1 aromatic heterocycles. The Labute approximate surface area is 139 Å². The SMILES string of the molecule is CN(C)C(=O)CO[C@@H]1CSC2(C1)CN(C(=O)c1ccnnc1)C2. The summed E-state index contributed by atoms with van der Waals surface area (Å²) in [6, 6.07) is 1.68. The number of ether oxygens (including phenoxy) is 1. The first-order valence-corrected chi connectivity index (χ1v) is 8.49. The zero-order valence-electron chi connectivity index (χ0n) is 13.3. The molecule has 124 valence electrons. The van der Waals surface area contributed by atoms with E-state index in [9.17, 15) is 9.59 Å². The highest BCUT2D eigenvalue weighted by Gasteiger charge is 2.51. The average molecular weight is 336 g/mol. The first kappa shape index (κ1) is 16.2. The molecule has 0 bridgehead atoms. The van der Waals surface area contributed by atoms with Crippen LogP contribution in [0.5, 0.6) is 0 Å². The van der Waals surface area contributed by atoms with Crippen LogP contribution in [0.1, 0.15) is 16.8 Å². The summed E-state index contributed by atoms with van der Waals surface area (Å²) < 4.78 is 5.79. The summed E-state index contributed by atoms with van der Waals surface area (Å²) in [5, 5.41) is 7.43. The standard InChI is InChI=1S/C15H20N4O3S/c1-18(2)13(20)7-22-12-5-15(23-8-12)9-19(10-15)14(21)11-3-4-16-17-6-11/h3-4,6,12H,5,7-10H2,1-2H3/t12-/m0/s1. The minimum atomic E-state index is -0.0217. The number of likely N-dealkylation sites (tertiary alicyclic amines) is 1. The number of aromatic nitrogens is 2. The number of hydrogen-bond donors (Lipinski definition) is 0. The van der Waals surface area contributed by atoms with Gasteiger partial charge < -0.3 is 14.5 Å². The van der Waals surface area contributed by atoms with Crippen LogP contribution < -0.4 is 0 Å². The van der Waals surface area contributed by atoms with Crippen molar-refractivity contribution in [1.82, 2.24) is 20.0 Å². The van der Waals surface area contributed by atoms with Crippen molar-refractivity contribution < 1.29 is 14.3 Å². The fourth-order valence-electron chi connectivity index (χ4n) is 2.84. The van der Waals surface area contributed by atoms with Crippen LogP contribution in [-0.2, 0) is 9.53 Å². The second kappa shape index (κ2) is 6.45. The third-order valence-electron chi connectivity index (χ3n) is 4.19. The number of nitrogens with zero attached hydrogens (tertiary/aromatic N) is 4. The third-order valence-corrected chi connectivity index (χ3v) is 5.77. The molecule has 0 N–H and O–H groups in total. The van der Waals surface area contributed by atoms with Gasteiger partial charge in [0.05, 0.1) is 28.8 Å². The molecule has 0 radical (unpaired) electrons. The van der Waals surface area contributed by atoms with E-state index in [1.165, 1.54) is 17.3 Å². The zero-order valence-corrected chi connectivity index (χ0v) is 14.1. The fraction of sp³-hybridized carbons (Fsp3) is 0.600. The molecule has 23 heavy (non-hydrogen) atoms. The maximum atomic E-state index is 12.3. The number of carbonyl (C=O) groups is 2. The van der Waals surface area contributed by atoms with Gasteiger partial charge in [0.2, 0.25) is 5.91 Å². The van der Waals surface area contributed by atoms with Gasteiger partial charge in [-0.3, -0.25) is 9.59 Å². The van der Waals surface area contributed by atoms with E-state index in [0.29, 0.717) is 5.56 Å². The van der Waals surface area contributed by atoms with Gasteiger partial charge in [-0.25, -0.2) is 0 Å². The number of amides is 2. The van der Waals surface area contributed by atoms with E-state index < -0.39 is 0 Å². The highest BCUT2D eigenvalue weighted by Crippen LogP contribution is 2.46. The first-order chi connectivity index (χ1) is 11.0. The maximum absolute atomic E-state index is 12.3. The minimum Gasteiger partial charge on any atom is -0.367 e. The molecule has 2 saturated heterocycles. The quantitative estimate of drug-likeness (QED) is 0.786. The summed E-state index contributed by atoms with van der Waals surface area (Å²) in [5.74, 6) is 0.851. The molecule has 0 aromatic carbocycles. The van der Waals surface area contributed by atoms with Gasteiger partial charge in [-0.1, -0.05) is 0 Å². The Bertz CT molecular complexity index is 590. The maximum Gasteiger partial charge on any atom is 0.255 e. The summed E-state index contributed by atoms with van der Waals surface area (Å²) in [7, 11) is 3.44. The Morgan fingerprint density at radius 2 is 2.22 bits per heavy atom. The van der Waals surface area contributed by atoms with Crippen molar-refractivity contribution in [3.63, 3.8) is 0 Å². The zero-order chi connectivity index (χ0) is 16.4. The van der Waals surface area contributed by atoms with Crippen molar-refractivity contribution >= 4 is 23.6 Å². The summed E-state index contributed by atoms with van der Waals surface area (Å²) >= 11 is 1.84. The van der Waals surface area contributed by atoms with E-state index in [0.717, 1.165) is 25.3 Å². The van der Waals surface area contributed by atoms with Gasteiger partial charge in [0.1, 0.15) is 6.61 Å². The molecule has 1 atom stereocenters. The van der Waals surface area contributed by atoms with Crippen molar-refractivity contribution in [3.8, 4) is 0 Å². The Kier molecular flexibility index (Phi) is 4.54. The van der Waals surface area contributed by atoms with Gasteiger partial charge in [0.25, 0.3) is 5.91 Å². The number of rotatable bonds is 4. The van der Waals surface area contributed by atoms with Gasteiger partial charge >= 0.3 is 0 Å². The molecule has 0 unspecified atom stereocenters. The Balaban J connectivity index is 1.47. The van der Waals surface area contributed by atoms with Gasteiger partial charge in [0, 0.05) is 32.9 Å². The molecule has 0 aliphatic carbocycles. The summed E-state index contributed by atoms with van der Waals surface area (Å²) in [6.45, 7) is 1.57. The van der Waals surface area contributed by atoms with E-state index in [1.54, 1.807) is 20.2 Å². The monoisotopic (exact) mass is 336 g/mol. The van der Waals surface area contributed by atoms with E-state index in [4.69, 9.17) is 4.74 Å². The Hall–Kier alpha value is -1.67. The van der Waals surface area contributed by atoms with Crippen LogP contribution in [0.4, 0.5) is 0 Å². The second-order valence-corrected chi connectivity index (χ2v) is 7.70.